The number of hydrogen-bond donors (Lipinski definition) is 1. The topological polar surface area (TPSA) is 56.0 Å². The van der Waals surface area contributed by atoms with Crippen LogP contribution in [-0.4, -0.2) is 27.7 Å². The molecule has 1 aliphatic rings. The van der Waals surface area contributed by atoms with E-state index in [0.29, 0.717) is 41.6 Å². The average Bonchev–Trinajstić information content (AvgIpc) is 2.98. The van der Waals surface area contributed by atoms with Gasteiger partial charge in [-0.15, -0.1) is 0 Å². The van der Waals surface area contributed by atoms with Crippen LogP contribution in [0, 0.1) is 0 Å². The van der Waals surface area contributed by atoms with Crippen LogP contribution in [0.15, 0.2) is 36.5 Å². The summed E-state index contributed by atoms with van der Waals surface area (Å²) in [5, 5.41) is 9.70. The van der Waals surface area contributed by atoms with E-state index in [1.807, 2.05) is 0 Å². The van der Waals surface area contributed by atoms with Gasteiger partial charge < -0.3 is 19.0 Å². The molecule has 0 fully saturated rings. The first kappa shape index (κ1) is 15.8. The Kier molecular flexibility index (Phi) is 3.57. The Morgan fingerprint density at radius 2 is 1.84 bits per heavy atom. The first-order valence-electron chi connectivity index (χ1n) is 7.56. The summed E-state index contributed by atoms with van der Waals surface area (Å²) in [5.74, 6) is 1.14. The largest absolute Gasteiger partial charge is 0.486 e. The lowest BCUT2D eigenvalue weighted by Gasteiger charge is -2.18. The Morgan fingerprint density at radius 1 is 1.08 bits per heavy atom. The van der Waals surface area contributed by atoms with E-state index in [1.54, 1.807) is 18.2 Å². The molecule has 0 atom stereocenters. The number of benzene rings is 1. The van der Waals surface area contributed by atoms with Crippen LogP contribution in [-0.2, 0) is 12.8 Å². The highest BCUT2D eigenvalue weighted by molar-refractivity contribution is 5.69. The van der Waals surface area contributed by atoms with Gasteiger partial charge in [0.15, 0.2) is 11.5 Å². The highest BCUT2D eigenvalue weighted by atomic mass is 19.4. The predicted octanol–water partition coefficient (Wildman–Crippen LogP) is 3.28. The lowest BCUT2D eigenvalue weighted by atomic mass is 10.1. The minimum Gasteiger partial charge on any atom is -0.486 e. The Morgan fingerprint density at radius 3 is 2.56 bits per heavy atom. The summed E-state index contributed by atoms with van der Waals surface area (Å²) in [7, 11) is 0. The molecule has 0 radical (unpaired) electrons. The zero-order chi connectivity index (χ0) is 17.6. The minimum absolute atomic E-state index is 0.276. The Hall–Kier alpha value is -2.74. The van der Waals surface area contributed by atoms with Gasteiger partial charge in [0.1, 0.15) is 18.9 Å². The van der Waals surface area contributed by atoms with Crippen molar-refractivity contribution in [3.05, 3.63) is 47.8 Å². The number of imidazole rings is 1. The molecule has 0 saturated carbocycles. The molecule has 1 aromatic carbocycles. The normalized spacial score (nSPS) is 14.1. The summed E-state index contributed by atoms with van der Waals surface area (Å²) in [5.41, 5.74) is 0.824. The molecule has 0 unspecified atom stereocenters. The molecule has 5 nitrogen and oxygen atoms in total. The maximum absolute atomic E-state index is 12.9. The molecule has 0 bridgehead atoms. The monoisotopic (exact) mass is 350 g/mol. The number of hydrogen-bond acceptors (Lipinski definition) is 4. The standard InChI is InChI=1S/C17H13F3N2O3/c18-17(19,20)11-2-4-15-21-16(12(9-23)22(15)8-11)10-1-3-13-14(7-10)25-6-5-24-13/h1-4,7-8,23H,5-6,9H2. The summed E-state index contributed by atoms with van der Waals surface area (Å²) in [6.45, 7) is 0.429. The van der Waals surface area contributed by atoms with Gasteiger partial charge in [-0.05, 0) is 30.3 Å². The molecule has 130 valence electrons. The van der Waals surface area contributed by atoms with Crippen molar-refractivity contribution in [2.24, 2.45) is 0 Å². The van der Waals surface area contributed by atoms with Crippen molar-refractivity contribution in [3.63, 3.8) is 0 Å². The van der Waals surface area contributed by atoms with E-state index < -0.39 is 18.3 Å². The number of nitrogens with zero attached hydrogens (tertiary/aromatic N) is 2. The van der Waals surface area contributed by atoms with Crippen LogP contribution in [0.1, 0.15) is 11.3 Å². The quantitative estimate of drug-likeness (QED) is 0.771. The number of aliphatic hydroxyl groups is 1. The van der Waals surface area contributed by atoms with Crippen molar-refractivity contribution in [1.29, 1.82) is 0 Å². The molecular weight excluding hydrogens is 337 g/mol. The number of aliphatic hydroxyl groups excluding tert-OH is 1. The summed E-state index contributed by atoms with van der Waals surface area (Å²) >= 11 is 0. The number of ether oxygens (including phenoxy) is 2. The lowest BCUT2D eigenvalue weighted by Crippen LogP contribution is -2.15. The number of halogens is 3. The van der Waals surface area contributed by atoms with E-state index in [2.05, 4.69) is 4.98 Å². The van der Waals surface area contributed by atoms with Crippen molar-refractivity contribution in [2.45, 2.75) is 12.8 Å². The molecule has 3 aromatic rings. The zero-order valence-corrected chi connectivity index (χ0v) is 12.9. The second-order valence-electron chi connectivity index (χ2n) is 5.57. The average molecular weight is 350 g/mol. The molecule has 3 heterocycles. The Bertz CT molecular complexity index is 950. The Balaban J connectivity index is 1.87. The van der Waals surface area contributed by atoms with Gasteiger partial charge >= 0.3 is 6.18 Å². The molecule has 0 amide bonds. The second kappa shape index (κ2) is 5.66. The van der Waals surface area contributed by atoms with E-state index in [1.165, 1.54) is 10.5 Å². The third-order valence-electron chi connectivity index (χ3n) is 4.01. The van der Waals surface area contributed by atoms with Crippen LogP contribution >= 0.6 is 0 Å². The van der Waals surface area contributed by atoms with Crippen molar-refractivity contribution in [1.82, 2.24) is 9.38 Å². The molecule has 2 aromatic heterocycles. The lowest BCUT2D eigenvalue weighted by molar-refractivity contribution is -0.137. The van der Waals surface area contributed by atoms with Gasteiger partial charge in [-0.25, -0.2) is 4.98 Å². The van der Waals surface area contributed by atoms with E-state index in [9.17, 15) is 18.3 Å². The molecule has 1 aliphatic heterocycles. The number of fused-ring (bicyclic) bond motifs is 2. The first-order valence-corrected chi connectivity index (χ1v) is 7.56. The summed E-state index contributed by atoms with van der Waals surface area (Å²) in [6, 6.07) is 7.41. The maximum atomic E-state index is 12.9. The third-order valence-corrected chi connectivity index (χ3v) is 4.01. The van der Waals surface area contributed by atoms with E-state index in [-0.39, 0.29) is 5.69 Å². The van der Waals surface area contributed by atoms with Crippen LogP contribution in [0.2, 0.25) is 0 Å². The van der Waals surface area contributed by atoms with Crippen LogP contribution < -0.4 is 9.47 Å². The smallest absolute Gasteiger partial charge is 0.417 e. The highest BCUT2D eigenvalue weighted by Crippen LogP contribution is 2.36. The second-order valence-corrected chi connectivity index (χ2v) is 5.57. The van der Waals surface area contributed by atoms with Gasteiger partial charge in [0.05, 0.1) is 23.6 Å². The fraction of sp³-hybridized carbons (Fsp3) is 0.235. The fourth-order valence-corrected chi connectivity index (χ4v) is 2.83. The molecule has 25 heavy (non-hydrogen) atoms. The predicted molar refractivity (Wildman–Crippen MR) is 82.5 cm³/mol. The third kappa shape index (κ3) is 2.68. The highest BCUT2D eigenvalue weighted by Gasteiger charge is 2.31. The van der Waals surface area contributed by atoms with Crippen LogP contribution in [0.3, 0.4) is 0 Å². The molecule has 8 heteroatoms. The van der Waals surface area contributed by atoms with Crippen LogP contribution in [0.4, 0.5) is 13.2 Å². The molecule has 0 aliphatic carbocycles. The first-order chi connectivity index (χ1) is 12.0. The van der Waals surface area contributed by atoms with Gasteiger partial charge in [-0.1, -0.05) is 0 Å². The summed E-state index contributed by atoms with van der Waals surface area (Å²) < 4.78 is 51.1. The van der Waals surface area contributed by atoms with Crippen LogP contribution in [0.25, 0.3) is 16.9 Å². The van der Waals surface area contributed by atoms with Gasteiger partial charge in [0.2, 0.25) is 0 Å². The van der Waals surface area contributed by atoms with E-state index in [0.717, 1.165) is 12.3 Å². The van der Waals surface area contributed by atoms with Crippen molar-refractivity contribution in [2.75, 3.05) is 13.2 Å². The fourth-order valence-electron chi connectivity index (χ4n) is 2.83. The molecule has 1 N–H and O–H groups in total. The molecular formula is C17H13F3N2O3. The van der Waals surface area contributed by atoms with Crippen molar-refractivity contribution < 1.29 is 27.8 Å². The SMILES string of the molecule is OCc1c(-c2ccc3c(c2)OCCO3)nc2ccc(C(F)(F)F)cn12. The Labute approximate surface area is 140 Å². The van der Waals surface area contributed by atoms with Crippen LogP contribution in [0.5, 0.6) is 11.5 Å². The zero-order valence-electron chi connectivity index (χ0n) is 12.9. The summed E-state index contributed by atoms with van der Waals surface area (Å²) in [6.07, 6.45) is -3.53. The van der Waals surface area contributed by atoms with Gasteiger partial charge in [0, 0.05) is 11.8 Å². The molecule has 0 saturated heterocycles. The van der Waals surface area contributed by atoms with Crippen molar-refractivity contribution in [3.8, 4) is 22.8 Å². The molecule has 0 spiro atoms. The van der Waals surface area contributed by atoms with E-state index >= 15 is 0 Å². The van der Waals surface area contributed by atoms with E-state index in [4.69, 9.17) is 9.47 Å². The number of alkyl halides is 3. The summed E-state index contributed by atoms with van der Waals surface area (Å²) in [4.78, 5) is 4.37. The maximum Gasteiger partial charge on any atom is 0.417 e. The van der Waals surface area contributed by atoms with Gasteiger partial charge in [-0.2, -0.15) is 13.2 Å². The minimum atomic E-state index is -4.47. The van der Waals surface area contributed by atoms with Crippen molar-refractivity contribution >= 4 is 5.65 Å². The number of pyridine rings is 1. The number of aromatic nitrogens is 2. The molecule has 4 rings (SSSR count). The number of rotatable bonds is 2. The van der Waals surface area contributed by atoms with Gasteiger partial charge in [0.25, 0.3) is 0 Å². The van der Waals surface area contributed by atoms with Gasteiger partial charge in [-0.3, -0.25) is 0 Å².